The van der Waals surface area contributed by atoms with Gasteiger partial charge in [0.25, 0.3) is 0 Å². The third-order valence-corrected chi connectivity index (χ3v) is 1.67. The molecule has 0 aliphatic rings. The molecular weight excluding hydrogens is 209 g/mol. The van der Waals surface area contributed by atoms with Crippen molar-refractivity contribution in [3.05, 3.63) is 35.6 Å². The van der Waals surface area contributed by atoms with E-state index in [1.807, 2.05) is 0 Å². The van der Waals surface area contributed by atoms with E-state index in [-0.39, 0.29) is 18.8 Å². The van der Waals surface area contributed by atoms with Gasteiger partial charge in [0, 0.05) is 6.04 Å². The molecule has 78 valence electrons. The second kappa shape index (κ2) is 5.57. The van der Waals surface area contributed by atoms with Crippen molar-refractivity contribution in [1.82, 2.24) is 0 Å². The van der Waals surface area contributed by atoms with E-state index in [0.717, 1.165) is 0 Å². The number of carbonyl (C=O) groups is 1. The molecular formula is C9H11ClFNO2. The number of aliphatic carboxylic acids is 1. The van der Waals surface area contributed by atoms with Crippen molar-refractivity contribution in [2.75, 3.05) is 0 Å². The molecule has 14 heavy (non-hydrogen) atoms. The van der Waals surface area contributed by atoms with E-state index < -0.39 is 17.8 Å². The van der Waals surface area contributed by atoms with Crippen molar-refractivity contribution in [3.63, 3.8) is 0 Å². The zero-order valence-electron chi connectivity index (χ0n) is 7.31. The van der Waals surface area contributed by atoms with Crippen LogP contribution in [0.1, 0.15) is 18.0 Å². The molecule has 0 amide bonds. The Balaban J connectivity index is 0.00000169. The smallest absolute Gasteiger partial charge is 0.305 e. The van der Waals surface area contributed by atoms with Gasteiger partial charge in [-0.05, 0) is 17.7 Å². The molecule has 0 spiro atoms. The second-order valence-electron chi connectivity index (χ2n) is 2.76. The van der Waals surface area contributed by atoms with E-state index in [2.05, 4.69) is 0 Å². The molecule has 0 saturated heterocycles. The Bertz CT molecular complexity index is 319. The fourth-order valence-electron chi connectivity index (χ4n) is 1.04. The van der Waals surface area contributed by atoms with Gasteiger partial charge in [0.15, 0.2) is 0 Å². The molecule has 0 aliphatic heterocycles. The van der Waals surface area contributed by atoms with Crippen LogP contribution < -0.4 is 5.73 Å². The number of hydrogen-bond acceptors (Lipinski definition) is 2. The van der Waals surface area contributed by atoms with Crippen LogP contribution in [-0.4, -0.2) is 11.1 Å². The highest BCUT2D eigenvalue weighted by Gasteiger charge is 2.10. The predicted molar refractivity (Wildman–Crippen MR) is 52.8 cm³/mol. The first kappa shape index (κ1) is 12.9. The number of carboxylic acids is 1. The first-order valence-corrected chi connectivity index (χ1v) is 3.82. The van der Waals surface area contributed by atoms with Crippen molar-refractivity contribution in [2.45, 2.75) is 12.5 Å². The third-order valence-electron chi connectivity index (χ3n) is 1.67. The summed E-state index contributed by atoms with van der Waals surface area (Å²) in [5.41, 5.74) is 6.02. The minimum atomic E-state index is -0.989. The van der Waals surface area contributed by atoms with Gasteiger partial charge in [-0.1, -0.05) is 12.1 Å². The lowest BCUT2D eigenvalue weighted by molar-refractivity contribution is -0.137. The zero-order chi connectivity index (χ0) is 9.84. The van der Waals surface area contributed by atoms with E-state index in [9.17, 15) is 9.18 Å². The van der Waals surface area contributed by atoms with Gasteiger partial charge in [0.2, 0.25) is 0 Å². The molecule has 0 unspecified atom stereocenters. The Morgan fingerprint density at radius 2 is 2.21 bits per heavy atom. The highest BCUT2D eigenvalue weighted by atomic mass is 35.5. The van der Waals surface area contributed by atoms with Gasteiger partial charge in [-0.15, -0.1) is 12.4 Å². The summed E-state index contributed by atoms with van der Waals surface area (Å²) in [5.74, 6) is -1.39. The highest BCUT2D eigenvalue weighted by molar-refractivity contribution is 5.85. The van der Waals surface area contributed by atoms with E-state index in [0.29, 0.717) is 5.56 Å². The number of rotatable bonds is 3. The first-order valence-electron chi connectivity index (χ1n) is 3.82. The topological polar surface area (TPSA) is 63.3 Å². The van der Waals surface area contributed by atoms with Crippen LogP contribution in [0.3, 0.4) is 0 Å². The van der Waals surface area contributed by atoms with E-state index in [4.69, 9.17) is 10.8 Å². The fraction of sp³-hybridized carbons (Fsp3) is 0.222. The molecule has 0 saturated carbocycles. The Kier molecular flexibility index (Phi) is 5.12. The Morgan fingerprint density at radius 1 is 1.57 bits per heavy atom. The van der Waals surface area contributed by atoms with Crippen molar-refractivity contribution in [2.24, 2.45) is 5.73 Å². The number of benzene rings is 1. The van der Waals surface area contributed by atoms with Crippen LogP contribution in [0.15, 0.2) is 24.3 Å². The molecule has 0 fully saturated rings. The summed E-state index contributed by atoms with van der Waals surface area (Å²) >= 11 is 0. The largest absolute Gasteiger partial charge is 0.481 e. The lowest BCUT2D eigenvalue weighted by atomic mass is 10.1. The summed E-state index contributed by atoms with van der Waals surface area (Å²) < 4.78 is 12.7. The highest BCUT2D eigenvalue weighted by Crippen LogP contribution is 2.14. The molecule has 1 rings (SSSR count). The van der Waals surface area contributed by atoms with Crippen LogP contribution >= 0.6 is 12.4 Å². The number of nitrogens with two attached hydrogens (primary N) is 1. The van der Waals surface area contributed by atoms with Crippen LogP contribution in [0.25, 0.3) is 0 Å². The molecule has 0 aliphatic carbocycles. The van der Waals surface area contributed by atoms with Crippen molar-refractivity contribution < 1.29 is 14.3 Å². The van der Waals surface area contributed by atoms with Crippen LogP contribution in [-0.2, 0) is 4.79 Å². The molecule has 0 heterocycles. The maximum absolute atomic E-state index is 12.7. The standard InChI is InChI=1S/C9H10FNO2.ClH/c10-7-3-1-2-6(4-7)8(11)5-9(12)13;/h1-4,8H,5,11H2,(H,12,13);1H/t8-;/m0./s1. The summed E-state index contributed by atoms with van der Waals surface area (Å²) in [6.45, 7) is 0. The SMILES string of the molecule is Cl.N[C@@H](CC(=O)O)c1cccc(F)c1. The second-order valence-corrected chi connectivity index (χ2v) is 2.76. The number of halogens is 2. The van der Waals surface area contributed by atoms with E-state index >= 15 is 0 Å². The van der Waals surface area contributed by atoms with Crippen LogP contribution in [0.5, 0.6) is 0 Å². The molecule has 0 aromatic heterocycles. The van der Waals surface area contributed by atoms with Gasteiger partial charge in [-0.3, -0.25) is 4.79 Å². The Hall–Kier alpha value is -1.13. The Labute approximate surface area is 87.1 Å². The normalized spacial score (nSPS) is 11.6. The summed E-state index contributed by atoms with van der Waals surface area (Å²) in [7, 11) is 0. The van der Waals surface area contributed by atoms with Gasteiger partial charge in [-0.25, -0.2) is 4.39 Å². The lowest BCUT2D eigenvalue weighted by Gasteiger charge is -2.08. The first-order chi connectivity index (χ1) is 6.09. The maximum Gasteiger partial charge on any atom is 0.305 e. The van der Waals surface area contributed by atoms with Gasteiger partial charge in [0.05, 0.1) is 6.42 Å². The number of carboxylic acid groups (broad SMARTS) is 1. The minimum absolute atomic E-state index is 0. The monoisotopic (exact) mass is 219 g/mol. The van der Waals surface area contributed by atoms with Gasteiger partial charge >= 0.3 is 5.97 Å². The average molecular weight is 220 g/mol. The zero-order valence-corrected chi connectivity index (χ0v) is 8.13. The predicted octanol–water partition coefficient (Wildman–Crippen LogP) is 1.72. The van der Waals surface area contributed by atoms with E-state index in [1.54, 1.807) is 6.07 Å². The molecule has 0 radical (unpaired) electrons. The molecule has 1 aromatic carbocycles. The lowest BCUT2D eigenvalue weighted by Crippen LogP contribution is -2.14. The molecule has 3 N–H and O–H groups in total. The van der Waals surface area contributed by atoms with Crippen molar-refractivity contribution >= 4 is 18.4 Å². The van der Waals surface area contributed by atoms with Crippen molar-refractivity contribution in [3.8, 4) is 0 Å². The summed E-state index contributed by atoms with van der Waals surface area (Å²) in [6, 6.07) is 5.00. The molecule has 0 bridgehead atoms. The fourth-order valence-corrected chi connectivity index (χ4v) is 1.04. The Morgan fingerprint density at radius 3 is 2.71 bits per heavy atom. The average Bonchev–Trinajstić information content (AvgIpc) is 2.03. The van der Waals surface area contributed by atoms with Crippen LogP contribution in [0, 0.1) is 5.82 Å². The van der Waals surface area contributed by atoms with Crippen LogP contribution in [0.4, 0.5) is 4.39 Å². The van der Waals surface area contributed by atoms with Gasteiger partial charge < -0.3 is 10.8 Å². The quantitative estimate of drug-likeness (QED) is 0.814. The molecule has 1 atom stereocenters. The summed E-state index contributed by atoms with van der Waals surface area (Å²) in [6.07, 6.45) is -0.191. The van der Waals surface area contributed by atoms with Gasteiger partial charge in [0.1, 0.15) is 5.82 Å². The molecule has 5 heteroatoms. The maximum atomic E-state index is 12.7. The summed E-state index contributed by atoms with van der Waals surface area (Å²) in [4.78, 5) is 10.3. The molecule has 1 aromatic rings. The summed E-state index contributed by atoms with van der Waals surface area (Å²) in [5, 5.41) is 8.44. The molecule has 3 nitrogen and oxygen atoms in total. The van der Waals surface area contributed by atoms with E-state index in [1.165, 1.54) is 18.2 Å². The third kappa shape index (κ3) is 3.72. The van der Waals surface area contributed by atoms with Crippen molar-refractivity contribution in [1.29, 1.82) is 0 Å². The van der Waals surface area contributed by atoms with Gasteiger partial charge in [-0.2, -0.15) is 0 Å². The minimum Gasteiger partial charge on any atom is -0.481 e. The van der Waals surface area contributed by atoms with Crippen LogP contribution in [0.2, 0.25) is 0 Å². The number of hydrogen-bond donors (Lipinski definition) is 2.